The van der Waals surface area contributed by atoms with Crippen molar-refractivity contribution in [1.29, 1.82) is 0 Å². The molecule has 1 N–H and O–H groups in total. The van der Waals surface area contributed by atoms with Crippen LogP contribution < -0.4 is 5.32 Å². The van der Waals surface area contributed by atoms with Gasteiger partial charge in [0.2, 0.25) is 0 Å². The highest BCUT2D eigenvalue weighted by atomic mass is 35.5. The molecule has 1 aliphatic rings. The summed E-state index contributed by atoms with van der Waals surface area (Å²) in [4.78, 5) is 7.48. The zero-order chi connectivity index (χ0) is 20.3. The van der Waals surface area contributed by atoms with E-state index in [4.69, 9.17) is 16.6 Å². The van der Waals surface area contributed by atoms with Crippen molar-refractivity contribution in [3.8, 4) is 22.4 Å². The molecular formula is C25H25ClN4. The van der Waals surface area contributed by atoms with Crippen molar-refractivity contribution >= 4 is 17.2 Å². The smallest absolute Gasteiger partial charge is 0.137 e. The van der Waals surface area contributed by atoms with Gasteiger partial charge in [0.15, 0.2) is 0 Å². The Labute approximate surface area is 182 Å². The van der Waals surface area contributed by atoms with Crippen LogP contribution in [0.25, 0.3) is 28.0 Å². The van der Waals surface area contributed by atoms with Gasteiger partial charge in [-0.15, -0.1) is 0 Å². The van der Waals surface area contributed by atoms with E-state index in [1.54, 1.807) is 0 Å². The van der Waals surface area contributed by atoms with Gasteiger partial charge < -0.3 is 9.72 Å². The molecule has 0 unspecified atom stereocenters. The van der Waals surface area contributed by atoms with Gasteiger partial charge in [0.05, 0.1) is 16.4 Å². The minimum atomic E-state index is 0.727. The van der Waals surface area contributed by atoms with E-state index in [2.05, 4.69) is 63.1 Å². The number of rotatable bonds is 4. The van der Waals surface area contributed by atoms with Crippen LogP contribution in [-0.2, 0) is 6.54 Å². The Morgan fingerprint density at radius 2 is 1.60 bits per heavy atom. The summed E-state index contributed by atoms with van der Waals surface area (Å²) in [5.74, 6) is 0. The second-order valence-electron chi connectivity index (χ2n) is 7.81. The van der Waals surface area contributed by atoms with Gasteiger partial charge >= 0.3 is 0 Å². The van der Waals surface area contributed by atoms with Crippen LogP contribution in [0.1, 0.15) is 12.1 Å². The molecule has 0 amide bonds. The Balaban J connectivity index is 1.54. The largest absolute Gasteiger partial charge is 0.315 e. The minimum Gasteiger partial charge on any atom is -0.315 e. The average molecular weight is 417 g/mol. The standard InChI is InChI=1S/C25H25ClN4/c26-22-11-12-24-28-25(21-9-7-20(8-10-21)19-5-2-1-3-6-19)23(30(24)17-22)18-29-15-4-13-27-14-16-29/h1-3,5-12,17,27H,4,13-16,18H2. The van der Waals surface area contributed by atoms with Crippen LogP contribution in [0.5, 0.6) is 0 Å². The van der Waals surface area contributed by atoms with Crippen molar-refractivity contribution in [2.45, 2.75) is 13.0 Å². The Kier molecular flexibility index (Phi) is 5.54. The number of aromatic nitrogens is 2. The molecule has 0 atom stereocenters. The number of imidazole rings is 1. The molecule has 0 radical (unpaired) electrons. The SMILES string of the molecule is Clc1ccc2nc(-c3ccc(-c4ccccc4)cc3)c(CN3CCCNCC3)n2c1. The summed E-state index contributed by atoms with van der Waals surface area (Å²) in [6.45, 7) is 5.11. The quantitative estimate of drug-likeness (QED) is 0.501. The molecule has 3 heterocycles. The van der Waals surface area contributed by atoms with E-state index in [1.807, 2.05) is 24.4 Å². The molecule has 0 bridgehead atoms. The molecule has 5 heteroatoms. The van der Waals surface area contributed by atoms with Gasteiger partial charge in [-0.3, -0.25) is 4.90 Å². The highest BCUT2D eigenvalue weighted by Gasteiger charge is 2.18. The predicted octanol–water partition coefficient (Wildman–Crippen LogP) is 5.12. The van der Waals surface area contributed by atoms with E-state index < -0.39 is 0 Å². The third-order valence-electron chi connectivity index (χ3n) is 5.75. The maximum absolute atomic E-state index is 6.33. The summed E-state index contributed by atoms with van der Waals surface area (Å²) in [7, 11) is 0. The monoisotopic (exact) mass is 416 g/mol. The first-order valence-corrected chi connectivity index (χ1v) is 10.9. The van der Waals surface area contributed by atoms with Crippen LogP contribution in [0.3, 0.4) is 0 Å². The molecule has 0 saturated carbocycles. The molecule has 4 nitrogen and oxygen atoms in total. The maximum Gasteiger partial charge on any atom is 0.137 e. The molecule has 1 aliphatic heterocycles. The number of benzene rings is 2. The Hall–Kier alpha value is -2.66. The molecule has 2 aromatic carbocycles. The van der Waals surface area contributed by atoms with Crippen molar-refractivity contribution in [2.75, 3.05) is 26.2 Å². The van der Waals surface area contributed by atoms with E-state index in [9.17, 15) is 0 Å². The molecule has 152 valence electrons. The molecule has 1 saturated heterocycles. The van der Waals surface area contributed by atoms with Crippen LogP contribution >= 0.6 is 11.6 Å². The number of hydrogen-bond acceptors (Lipinski definition) is 3. The summed E-state index contributed by atoms with van der Waals surface area (Å²) in [5.41, 5.74) is 6.74. The van der Waals surface area contributed by atoms with Crippen LogP contribution in [0, 0.1) is 0 Å². The molecule has 5 rings (SSSR count). The maximum atomic E-state index is 6.33. The second-order valence-corrected chi connectivity index (χ2v) is 8.24. The highest BCUT2D eigenvalue weighted by Crippen LogP contribution is 2.29. The lowest BCUT2D eigenvalue weighted by molar-refractivity contribution is 0.281. The fraction of sp³-hybridized carbons (Fsp3) is 0.240. The summed E-state index contributed by atoms with van der Waals surface area (Å²) in [6.07, 6.45) is 3.15. The Bertz CT molecular complexity index is 1130. The molecule has 0 aliphatic carbocycles. The summed E-state index contributed by atoms with van der Waals surface area (Å²) < 4.78 is 2.15. The zero-order valence-electron chi connectivity index (χ0n) is 16.9. The van der Waals surface area contributed by atoms with Gasteiger partial charge in [-0.1, -0.05) is 66.2 Å². The lowest BCUT2D eigenvalue weighted by Crippen LogP contribution is -2.28. The van der Waals surface area contributed by atoms with E-state index >= 15 is 0 Å². The van der Waals surface area contributed by atoms with Crippen molar-refractivity contribution in [2.24, 2.45) is 0 Å². The van der Waals surface area contributed by atoms with Crippen LogP contribution in [-0.4, -0.2) is 40.5 Å². The number of hydrogen-bond donors (Lipinski definition) is 1. The summed E-state index contributed by atoms with van der Waals surface area (Å²) in [6, 6.07) is 23.1. The van der Waals surface area contributed by atoms with Gasteiger partial charge in [0.1, 0.15) is 5.65 Å². The van der Waals surface area contributed by atoms with Crippen molar-refractivity contribution in [1.82, 2.24) is 19.6 Å². The lowest BCUT2D eigenvalue weighted by Gasteiger charge is -2.20. The minimum absolute atomic E-state index is 0.727. The number of pyridine rings is 1. The topological polar surface area (TPSA) is 32.6 Å². The van der Waals surface area contributed by atoms with Gasteiger partial charge in [0, 0.05) is 31.4 Å². The second kappa shape index (κ2) is 8.60. The van der Waals surface area contributed by atoms with Crippen LogP contribution in [0.4, 0.5) is 0 Å². The predicted molar refractivity (Wildman–Crippen MR) is 124 cm³/mol. The van der Waals surface area contributed by atoms with Gasteiger partial charge in [-0.25, -0.2) is 4.98 Å². The van der Waals surface area contributed by atoms with Crippen LogP contribution in [0.15, 0.2) is 72.9 Å². The molecule has 0 spiro atoms. The number of halogens is 1. The first-order chi connectivity index (χ1) is 14.8. The summed E-state index contributed by atoms with van der Waals surface area (Å²) in [5, 5.41) is 4.21. The molecule has 30 heavy (non-hydrogen) atoms. The summed E-state index contributed by atoms with van der Waals surface area (Å²) >= 11 is 6.33. The number of nitrogens with zero attached hydrogens (tertiary/aromatic N) is 3. The fourth-order valence-electron chi connectivity index (χ4n) is 4.17. The average Bonchev–Trinajstić information content (AvgIpc) is 2.95. The van der Waals surface area contributed by atoms with E-state index in [0.29, 0.717) is 0 Å². The Morgan fingerprint density at radius 1 is 0.833 bits per heavy atom. The number of nitrogens with one attached hydrogen (secondary N) is 1. The van der Waals surface area contributed by atoms with Crippen molar-refractivity contribution in [3.63, 3.8) is 0 Å². The first-order valence-electron chi connectivity index (χ1n) is 10.5. The first kappa shape index (κ1) is 19.3. The molecular weight excluding hydrogens is 392 g/mol. The van der Waals surface area contributed by atoms with Crippen molar-refractivity contribution in [3.05, 3.63) is 83.6 Å². The molecule has 1 fully saturated rings. The van der Waals surface area contributed by atoms with E-state index in [-0.39, 0.29) is 0 Å². The van der Waals surface area contributed by atoms with Gasteiger partial charge in [-0.05, 0) is 42.8 Å². The van der Waals surface area contributed by atoms with Crippen LogP contribution in [0.2, 0.25) is 5.02 Å². The van der Waals surface area contributed by atoms with Crippen molar-refractivity contribution < 1.29 is 0 Å². The van der Waals surface area contributed by atoms with Gasteiger partial charge in [0.25, 0.3) is 0 Å². The van der Waals surface area contributed by atoms with Gasteiger partial charge in [-0.2, -0.15) is 0 Å². The molecule has 4 aromatic rings. The third kappa shape index (κ3) is 3.99. The third-order valence-corrected chi connectivity index (χ3v) is 5.98. The highest BCUT2D eigenvalue weighted by molar-refractivity contribution is 6.30. The molecule has 2 aromatic heterocycles. The van der Waals surface area contributed by atoms with E-state index in [1.165, 1.54) is 23.2 Å². The van der Waals surface area contributed by atoms with E-state index in [0.717, 1.165) is 54.7 Å². The fourth-order valence-corrected chi connectivity index (χ4v) is 4.33. The zero-order valence-corrected chi connectivity index (χ0v) is 17.6. The lowest BCUT2D eigenvalue weighted by atomic mass is 10.0. The normalized spacial score (nSPS) is 15.4. The number of fused-ring (bicyclic) bond motifs is 1. The Morgan fingerprint density at radius 3 is 2.43 bits per heavy atom.